The Morgan fingerprint density at radius 1 is 1.11 bits per heavy atom. The molecule has 35 heavy (non-hydrogen) atoms. The van der Waals surface area contributed by atoms with Crippen molar-refractivity contribution >= 4 is 77.1 Å². The van der Waals surface area contributed by atoms with Crippen molar-refractivity contribution in [1.82, 2.24) is 20.4 Å². The molecule has 0 aliphatic carbocycles. The summed E-state index contributed by atoms with van der Waals surface area (Å²) in [5.41, 5.74) is 4.44. The lowest BCUT2D eigenvalue weighted by molar-refractivity contribution is -0.116. The molecule has 3 heterocycles. The number of halogens is 3. The molecule has 1 saturated heterocycles. The quantitative estimate of drug-likeness (QED) is 0.326. The summed E-state index contributed by atoms with van der Waals surface area (Å²) in [6, 6.07) is 14.1. The Kier molecular flexibility index (Phi) is 10.1. The SMILES string of the molecule is Cl.Cl.O=C(NCCCCN1CCC(=Cc2ccccc2Cl)CC1)C1=Cc2n[nH]c3cccc(c23)S1. The highest BCUT2D eigenvalue weighted by atomic mass is 35.5. The van der Waals surface area contributed by atoms with Crippen molar-refractivity contribution in [3.05, 3.63) is 69.2 Å². The van der Waals surface area contributed by atoms with Gasteiger partial charge in [0.25, 0.3) is 5.91 Å². The molecule has 9 heteroatoms. The van der Waals surface area contributed by atoms with Crippen molar-refractivity contribution in [2.24, 2.45) is 0 Å². The van der Waals surface area contributed by atoms with Gasteiger partial charge in [0, 0.05) is 34.9 Å². The highest BCUT2D eigenvalue weighted by molar-refractivity contribution is 8.04. The van der Waals surface area contributed by atoms with E-state index >= 15 is 0 Å². The summed E-state index contributed by atoms with van der Waals surface area (Å²) < 4.78 is 0. The Morgan fingerprint density at radius 2 is 1.91 bits per heavy atom. The molecule has 1 fully saturated rings. The highest BCUT2D eigenvalue weighted by Crippen LogP contribution is 2.39. The molecule has 0 spiro atoms. The minimum absolute atomic E-state index is 0. The fourth-order valence-corrected chi connectivity index (χ4v) is 5.63. The van der Waals surface area contributed by atoms with Crippen molar-refractivity contribution in [3.8, 4) is 0 Å². The van der Waals surface area contributed by atoms with E-state index in [0.717, 1.165) is 77.4 Å². The van der Waals surface area contributed by atoms with Gasteiger partial charge in [-0.1, -0.05) is 59.3 Å². The van der Waals surface area contributed by atoms with E-state index in [0.29, 0.717) is 11.4 Å². The Hall–Kier alpha value is -1.96. The van der Waals surface area contributed by atoms with Crippen LogP contribution in [-0.4, -0.2) is 47.2 Å². The average Bonchev–Trinajstić information content (AvgIpc) is 3.26. The van der Waals surface area contributed by atoms with Gasteiger partial charge in [-0.2, -0.15) is 5.10 Å². The van der Waals surface area contributed by atoms with E-state index in [2.05, 4.69) is 32.6 Å². The first kappa shape index (κ1) is 27.6. The van der Waals surface area contributed by atoms with Gasteiger partial charge in [0.2, 0.25) is 0 Å². The molecule has 2 N–H and O–H groups in total. The van der Waals surface area contributed by atoms with Crippen LogP contribution >= 0.6 is 48.2 Å². The molecule has 2 aliphatic rings. The molecule has 2 aliphatic heterocycles. The molecule has 5 nitrogen and oxygen atoms in total. The normalized spacial score (nSPS) is 15.1. The number of carbonyl (C=O) groups is 1. The van der Waals surface area contributed by atoms with Crippen LogP contribution in [0.15, 0.2) is 57.8 Å². The number of thioether (sulfide) groups is 1. The van der Waals surface area contributed by atoms with E-state index < -0.39 is 0 Å². The predicted octanol–water partition coefficient (Wildman–Crippen LogP) is 6.58. The van der Waals surface area contributed by atoms with Crippen LogP contribution in [0.4, 0.5) is 0 Å². The van der Waals surface area contributed by atoms with Crippen molar-refractivity contribution in [1.29, 1.82) is 0 Å². The van der Waals surface area contributed by atoms with Gasteiger partial charge in [-0.05, 0) is 62.1 Å². The van der Waals surface area contributed by atoms with Gasteiger partial charge in [-0.15, -0.1) is 24.8 Å². The summed E-state index contributed by atoms with van der Waals surface area (Å²) in [6.07, 6.45) is 8.38. The van der Waals surface area contributed by atoms with Crippen molar-refractivity contribution < 1.29 is 4.79 Å². The monoisotopic (exact) mass is 550 g/mol. The van der Waals surface area contributed by atoms with Gasteiger partial charge in [-0.3, -0.25) is 9.89 Å². The zero-order valence-electron chi connectivity index (χ0n) is 19.3. The number of aromatic amines is 1. The summed E-state index contributed by atoms with van der Waals surface area (Å²) in [5.74, 6) is -0.0158. The van der Waals surface area contributed by atoms with Gasteiger partial charge in [0.05, 0.1) is 16.1 Å². The van der Waals surface area contributed by atoms with Crippen LogP contribution in [0.3, 0.4) is 0 Å². The fraction of sp³-hybridized carbons (Fsp3) is 0.308. The number of hydrogen-bond acceptors (Lipinski definition) is 4. The summed E-state index contributed by atoms with van der Waals surface area (Å²) in [7, 11) is 0. The number of unbranched alkanes of at least 4 members (excludes halogenated alkanes) is 1. The van der Waals surface area contributed by atoms with Crippen LogP contribution in [0.1, 0.15) is 36.9 Å². The number of benzene rings is 2. The maximum atomic E-state index is 12.7. The lowest BCUT2D eigenvalue weighted by atomic mass is 10.0. The number of nitrogens with one attached hydrogen (secondary N) is 2. The Labute approximate surface area is 227 Å². The first-order valence-corrected chi connectivity index (χ1v) is 12.7. The third-order valence-corrected chi connectivity index (χ3v) is 7.67. The van der Waals surface area contributed by atoms with E-state index in [9.17, 15) is 4.79 Å². The molecule has 0 saturated carbocycles. The van der Waals surface area contributed by atoms with E-state index in [1.165, 1.54) is 17.3 Å². The largest absolute Gasteiger partial charge is 0.352 e. The molecule has 0 atom stereocenters. The molecule has 3 aromatic rings. The van der Waals surface area contributed by atoms with Gasteiger partial charge >= 0.3 is 0 Å². The molecule has 186 valence electrons. The zero-order valence-corrected chi connectivity index (χ0v) is 22.5. The number of hydrogen-bond donors (Lipinski definition) is 2. The van der Waals surface area contributed by atoms with E-state index in [4.69, 9.17) is 11.6 Å². The molecule has 0 bridgehead atoms. The predicted molar refractivity (Wildman–Crippen MR) is 152 cm³/mol. The van der Waals surface area contributed by atoms with E-state index in [1.807, 2.05) is 42.5 Å². The van der Waals surface area contributed by atoms with Crippen LogP contribution < -0.4 is 5.32 Å². The maximum absolute atomic E-state index is 12.7. The van der Waals surface area contributed by atoms with Crippen molar-refractivity contribution in [2.75, 3.05) is 26.2 Å². The molecule has 0 unspecified atom stereocenters. The van der Waals surface area contributed by atoms with Crippen LogP contribution in [0.25, 0.3) is 23.1 Å². The number of carbonyl (C=O) groups excluding carboxylic acids is 1. The minimum Gasteiger partial charge on any atom is -0.352 e. The van der Waals surface area contributed by atoms with Crippen molar-refractivity contribution in [3.63, 3.8) is 0 Å². The number of rotatable bonds is 7. The summed E-state index contributed by atoms with van der Waals surface area (Å²) in [6.45, 7) is 3.94. The standard InChI is InChI=1S/C26H27ClN4OS.2ClH/c27-20-7-2-1-6-19(20)16-18-10-14-31(15-11-18)13-4-3-12-28-26(32)24-17-22-25-21(29-30-22)8-5-9-23(25)33-24;;/h1-2,5-9,16-17H,3-4,10-15H2,(H,28,32)(H,29,30);2*1H. The van der Waals surface area contributed by atoms with E-state index in [1.54, 1.807) is 0 Å². The molecular formula is C26H29Cl3N4OS. The molecule has 1 aromatic heterocycles. The first-order valence-electron chi connectivity index (χ1n) is 11.5. The number of likely N-dealkylation sites (tertiary alicyclic amines) is 1. The van der Waals surface area contributed by atoms with Crippen LogP contribution in [-0.2, 0) is 4.79 Å². The second kappa shape index (κ2) is 12.8. The van der Waals surface area contributed by atoms with Gasteiger partial charge in [0.1, 0.15) is 0 Å². The first-order chi connectivity index (χ1) is 16.2. The van der Waals surface area contributed by atoms with Gasteiger partial charge in [-0.25, -0.2) is 0 Å². The second-order valence-corrected chi connectivity index (χ2v) is 10.0. The molecule has 0 radical (unpaired) electrons. The number of H-pyrrole nitrogens is 1. The summed E-state index contributed by atoms with van der Waals surface area (Å²) in [5, 5.41) is 12.4. The number of amides is 1. The number of aromatic nitrogens is 2. The Balaban J connectivity index is 0.00000171. The van der Waals surface area contributed by atoms with E-state index in [-0.39, 0.29) is 30.7 Å². The van der Waals surface area contributed by atoms with Crippen LogP contribution in [0.5, 0.6) is 0 Å². The van der Waals surface area contributed by atoms with Crippen LogP contribution in [0.2, 0.25) is 5.02 Å². The highest BCUT2D eigenvalue weighted by Gasteiger charge is 2.21. The third kappa shape index (κ3) is 6.63. The molecule has 2 aromatic carbocycles. The van der Waals surface area contributed by atoms with Crippen LogP contribution in [0, 0.1) is 0 Å². The molecule has 1 amide bonds. The zero-order chi connectivity index (χ0) is 22.6. The Bertz CT molecular complexity index is 1230. The minimum atomic E-state index is -0.0158. The number of piperidine rings is 1. The maximum Gasteiger partial charge on any atom is 0.258 e. The Morgan fingerprint density at radius 3 is 2.71 bits per heavy atom. The second-order valence-electron chi connectivity index (χ2n) is 8.53. The van der Waals surface area contributed by atoms with Gasteiger partial charge in [0.15, 0.2) is 0 Å². The average molecular weight is 552 g/mol. The fourth-order valence-electron chi connectivity index (χ4n) is 4.41. The lowest BCUT2D eigenvalue weighted by Crippen LogP contribution is -2.32. The molecular weight excluding hydrogens is 523 g/mol. The number of nitrogens with zero attached hydrogens (tertiary/aromatic N) is 2. The summed E-state index contributed by atoms with van der Waals surface area (Å²) >= 11 is 7.80. The van der Waals surface area contributed by atoms with Crippen molar-refractivity contribution in [2.45, 2.75) is 30.6 Å². The summed E-state index contributed by atoms with van der Waals surface area (Å²) in [4.78, 5) is 17.0. The molecule has 5 rings (SSSR count). The topological polar surface area (TPSA) is 61.0 Å². The third-order valence-electron chi connectivity index (χ3n) is 6.24. The lowest BCUT2D eigenvalue weighted by Gasteiger charge is -2.28. The van der Waals surface area contributed by atoms with Gasteiger partial charge < -0.3 is 10.2 Å². The smallest absolute Gasteiger partial charge is 0.258 e.